The number of hydrogen-bond donors (Lipinski definition) is 3. The van der Waals surface area contributed by atoms with E-state index in [4.69, 9.17) is 5.73 Å². The average Bonchev–Trinajstić information content (AvgIpc) is 2.78. The Hall–Kier alpha value is -2.76. The van der Waals surface area contributed by atoms with Crippen LogP contribution >= 0.6 is 0 Å². The van der Waals surface area contributed by atoms with Crippen molar-refractivity contribution in [2.75, 3.05) is 17.2 Å². The average molecular weight is 516 g/mol. The first-order valence-electron chi connectivity index (χ1n) is 11.9. The molecule has 0 radical (unpaired) electrons. The molecule has 0 aliphatic heterocycles. The molecule has 1 aromatic heterocycles. The van der Waals surface area contributed by atoms with Gasteiger partial charge in [0.05, 0.1) is 0 Å². The fourth-order valence-corrected chi connectivity index (χ4v) is 6.58. The van der Waals surface area contributed by atoms with Crippen molar-refractivity contribution in [3.63, 3.8) is 0 Å². The zero-order valence-electron chi connectivity index (χ0n) is 19.3. The summed E-state index contributed by atoms with van der Waals surface area (Å²) >= 11 is 0. The molecule has 36 heavy (non-hydrogen) atoms. The summed E-state index contributed by atoms with van der Waals surface area (Å²) in [5.41, 5.74) is 5.35. The van der Waals surface area contributed by atoms with Crippen LogP contribution in [0.3, 0.4) is 0 Å². The van der Waals surface area contributed by atoms with Crippen LogP contribution in [0.25, 0.3) is 0 Å². The zero-order valence-corrected chi connectivity index (χ0v) is 19.3. The molecule has 1 aromatic carbocycles. The lowest BCUT2D eigenvalue weighted by molar-refractivity contribution is -0.274. The quantitative estimate of drug-likeness (QED) is 0.418. The molecule has 6 rings (SSSR count). The van der Waals surface area contributed by atoms with E-state index in [1.807, 2.05) is 0 Å². The van der Waals surface area contributed by atoms with Gasteiger partial charge < -0.3 is 21.1 Å². The first-order chi connectivity index (χ1) is 16.9. The predicted octanol–water partition coefficient (Wildman–Crippen LogP) is 5.57. The molecular weight excluding hydrogens is 488 g/mol. The molecule has 4 N–H and O–H groups in total. The van der Waals surface area contributed by atoms with E-state index in [0.29, 0.717) is 30.5 Å². The molecule has 2 unspecified atom stereocenters. The number of para-hydroxylation sites is 1. The van der Waals surface area contributed by atoms with Crippen LogP contribution < -0.4 is 21.1 Å². The molecule has 4 aliphatic carbocycles. The van der Waals surface area contributed by atoms with Crippen molar-refractivity contribution in [1.82, 2.24) is 9.97 Å². The fraction of sp³-hybridized carbons (Fsp3) is 0.583. The maximum atomic E-state index is 13.6. The Labute approximate surface area is 204 Å². The second kappa shape index (κ2) is 8.97. The maximum absolute atomic E-state index is 13.6. The van der Waals surface area contributed by atoms with Crippen molar-refractivity contribution >= 4 is 11.8 Å². The monoisotopic (exact) mass is 515 g/mol. The molecule has 0 saturated heterocycles. The second-order valence-electron chi connectivity index (χ2n) is 10.4. The molecule has 6 nitrogen and oxygen atoms in total. The number of rotatable bonds is 7. The fourth-order valence-electron chi connectivity index (χ4n) is 6.58. The summed E-state index contributed by atoms with van der Waals surface area (Å²) in [6, 6.07) is 5.46. The minimum Gasteiger partial charge on any atom is -0.405 e. The van der Waals surface area contributed by atoms with Crippen LogP contribution in [-0.4, -0.2) is 28.9 Å². The number of aromatic nitrogens is 2. The van der Waals surface area contributed by atoms with Gasteiger partial charge in [-0.05, 0) is 61.3 Å². The number of nitrogens with two attached hydrogens (primary N) is 1. The summed E-state index contributed by atoms with van der Waals surface area (Å²) in [6.07, 6.45) is -3.69. The Morgan fingerprint density at radius 3 is 2.36 bits per heavy atom. The number of benzene rings is 1. The topological polar surface area (TPSA) is 85.1 Å². The van der Waals surface area contributed by atoms with Gasteiger partial charge in [-0.25, -0.2) is 4.98 Å². The summed E-state index contributed by atoms with van der Waals surface area (Å²) in [7, 11) is 0. The summed E-state index contributed by atoms with van der Waals surface area (Å²) in [5.74, 6) is 0.595. The van der Waals surface area contributed by atoms with Crippen LogP contribution in [0.15, 0.2) is 30.5 Å². The van der Waals surface area contributed by atoms with Crippen LogP contribution in [0.1, 0.15) is 43.2 Å². The van der Waals surface area contributed by atoms with E-state index in [0.717, 1.165) is 38.2 Å². The van der Waals surface area contributed by atoms with Crippen LogP contribution in [0.4, 0.5) is 38.1 Å². The van der Waals surface area contributed by atoms with Gasteiger partial charge in [0.2, 0.25) is 5.95 Å². The standard InChI is InChI=1S/C24H27F6N5O/c25-23(26,27)17-11-33-21(34-12-22-7-13-5-15(8-22)19(31)16(6-13)9-22)35-20(17)32-10-14-3-1-2-4-18(14)36-24(28,29)30/h1-4,11,13,15-16,19H,5-10,12,31H2,(H2,32,33,34,35). The number of halogens is 6. The van der Waals surface area contributed by atoms with Crippen molar-refractivity contribution in [1.29, 1.82) is 0 Å². The van der Waals surface area contributed by atoms with Crippen molar-refractivity contribution in [3.8, 4) is 5.75 Å². The van der Waals surface area contributed by atoms with Gasteiger partial charge >= 0.3 is 12.5 Å². The summed E-state index contributed by atoms with van der Waals surface area (Å²) in [6.45, 7) is 0.176. The highest BCUT2D eigenvalue weighted by Gasteiger charge is 2.54. The van der Waals surface area contributed by atoms with E-state index in [2.05, 4.69) is 25.3 Å². The first-order valence-corrected chi connectivity index (χ1v) is 11.9. The van der Waals surface area contributed by atoms with Gasteiger partial charge in [-0.1, -0.05) is 18.2 Å². The highest BCUT2D eigenvalue weighted by atomic mass is 19.4. The van der Waals surface area contributed by atoms with Crippen LogP contribution in [0.5, 0.6) is 5.75 Å². The molecule has 0 amide bonds. The third-order valence-corrected chi connectivity index (χ3v) is 7.83. The molecule has 2 atom stereocenters. The molecule has 2 aromatic rings. The van der Waals surface area contributed by atoms with Gasteiger partial charge in [-0.3, -0.25) is 0 Å². The Morgan fingerprint density at radius 2 is 1.69 bits per heavy atom. The van der Waals surface area contributed by atoms with E-state index >= 15 is 0 Å². The van der Waals surface area contributed by atoms with Crippen molar-refractivity contribution < 1.29 is 31.1 Å². The smallest absolute Gasteiger partial charge is 0.405 e. The van der Waals surface area contributed by atoms with E-state index in [-0.39, 0.29) is 29.5 Å². The minimum absolute atomic E-state index is 0.0277. The van der Waals surface area contributed by atoms with Gasteiger partial charge in [0.1, 0.15) is 17.1 Å². The number of nitrogens with zero attached hydrogens (tertiary/aromatic N) is 2. The lowest BCUT2D eigenvalue weighted by Gasteiger charge is -2.59. The van der Waals surface area contributed by atoms with Crippen molar-refractivity contribution in [3.05, 3.63) is 41.6 Å². The zero-order chi connectivity index (χ0) is 25.7. The van der Waals surface area contributed by atoms with Crippen LogP contribution in [0.2, 0.25) is 0 Å². The normalized spacial score (nSPS) is 29.3. The van der Waals surface area contributed by atoms with Crippen LogP contribution in [-0.2, 0) is 12.7 Å². The minimum atomic E-state index is -4.93. The second-order valence-corrected chi connectivity index (χ2v) is 10.4. The van der Waals surface area contributed by atoms with Gasteiger partial charge in [0.25, 0.3) is 0 Å². The third-order valence-electron chi connectivity index (χ3n) is 7.83. The largest absolute Gasteiger partial charge is 0.573 e. The Bertz CT molecular complexity index is 1090. The molecule has 4 bridgehead atoms. The Morgan fingerprint density at radius 1 is 1.00 bits per heavy atom. The maximum Gasteiger partial charge on any atom is 0.573 e. The predicted molar refractivity (Wildman–Crippen MR) is 120 cm³/mol. The number of alkyl halides is 6. The summed E-state index contributed by atoms with van der Waals surface area (Å²) in [4.78, 5) is 7.93. The molecule has 4 saturated carbocycles. The highest BCUT2D eigenvalue weighted by Crippen LogP contribution is 2.59. The molecule has 0 spiro atoms. The molecule has 1 heterocycles. The summed E-state index contributed by atoms with van der Waals surface area (Å²) in [5, 5.41) is 5.66. The lowest BCUT2D eigenvalue weighted by Crippen LogP contribution is -2.58. The Kier molecular flexibility index (Phi) is 6.20. The van der Waals surface area contributed by atoms with Crippen molar-refractivity contribution in [2.24, 2.45) is 28.9 Å². The number of ether oxygens (including phenoxy) is 1. The van der Waals surface area contributed by atoms with E-state index in [9.17, 15) is 26.3 Å². The number of anilines is 2. The molecule has 4 fully saturated rings. The van der Waals surface area contributed by atoms with E-state index < -0.39 is 29.7 Å². The molecule has 196 valence electrons. The third kappa shape index (κ3) is 5.18. The van der Waals surface area contributed by atoms with Gasteiger partial charge in [0.15, 0.2) is 0 Å². The molecule has 12 heteroatoms. The van der Waals surface area contributed by atoms with Crippen molar-refractivity contribution in [2.45, 2.75) is 57.2 Å². The first kappa shape index (κ1) is 24.9. The van der Waals surface area contributed by atoms with Gasteiger partial charge in [-0.15, -0.1) is 13.2 Å². The van der Waals surface area contributed by atoms with Crippen LogP contribution in [0, 0.1) is 23.2 Å². The summed E-state index contributed by atoms with van der Waals surface area (Å²) < 4.78 is 82.9. The van der Waals surface area contributed by atoms with Gasteiger partial charge in [-0.2, -0.15) is 18.2 Å². The van der Waals surface area contributed by atoms with E-state index in [1.54, 1.807) is 0 Å². The lowest BCUT2D eigenvalue weighted by atomic mass is 9.48. The highest BCUT2D eigenvalue weighted by molar-refractivity contribution is 5.50. The molecule has 4 aliphatic rings. The van der Waals surface area contributed by atoms with Gasteiger partial charge in [0, 0.05) is 30.9 Å². The Balaban J connectivity index is 1.32. The SMILES string of the molecule is NC1C2CC3CC1CC(CNc1ncc(C(F)(F)F)c(NCc4ccccc4OC(F)(F)F)n1)(C3)C2. The number of nitrogens with one attached hydrogen (secondary N) is 2. The molecular formula is C24H27F6N5O. The number of hydrogen-bond acceptors (Lipinski definition) is 6. The van der Waals surface area contributed by atoms with E-state index in [1.165, 1.54) is 18.2 Å².